The summed E-state index contributed by atoms with van der Waals surface area (Å²) in [6.07, 6.45) is 8.29. The average Bonchev–Trinajstić information content (AvgIpc) is 2.67. The summed E-state index contributed by atoms with van der Waals surface area (Å²) >= 11 is 0. The van der Waals surface area contributed by atoms with E-state index in [1.54, 1.807) is 11.1 Å². The van der Waals surface area contributed by atoms with Gasteiger partial charge in [0.25, 0.3) is 0 Å². The van der Waals surface area contributed by atoms with E-state index in [1.807, 2.05) is 0 Å². The molecule has 1 heterocycles. The zero-order chi connectivity index (χ0) is 18.1. The minimum atomic E-state index is -0.377. The summed E-state index contributed by atoms with van der Waals surface area (Å²) in [6, 6.07) is 9.20. The van der Waals surface area contributed by atoms with Crippen molar-refractivity contribution in [3.8, 4) is 0 Å². The SMILES string of the molecule is CCc1cc2c(c3ccc(C(O)CN4CCCCC4)cc13)CCC(C)C2. The summed E-state index contributed by atoms with van der Waals surface area (Å²) in [4.78, 5) is 2.42. The fourth-order valence-corrected chi connectivity index (χ4v) is 4.98. The summed E-state index contributed by atoms with van der Waals surface area (Å²) in [6.45, 7) is 7.67. The van der Waals surface area contributed by atoms with Crippen LogP contribution < -0.4 is 0 Å². The Kier molecular flexibility index (Phi) is 5.33. The summed E-state index contributed by atoms with van der Waals surface area (Å²) in [5, 5.41) is 13.6. The lowest BCUT2D eigenvalue weighted by Crippen LogP contribution is -2.33. The van der Waals surface area contributed by atoms with E-state index >= 15 is 0 Å². The second kappa shape index (κ2) is 7.70. The maximum Gasteiger partial charge on any atom is 0.0917 e. The second-order valence-electron chi connectivity index (χ2n) is 8.56. The van der Waals surface area contributed by atoms with Crippen LogP contribution in [0.1, 0.15) is 67.9 Å². The normalized spacial score (nSPS) is 22.3. The van der Waals surface area contributed by atoms with Gasteiger partial charge in [-0.15, -0.1) is 0 Å². The van der Waals surface area contributed by atoms with E-state index in [4.69, 9.17) is 0 Å². The van der Waals surface area contributed by atoms with E-state index in [2.05, 4.69) is 43.0 Å². The van der Waals surface area contributed by atoms with Crippen LogP contribution in [-0.2, 0) is 19.3 Å². The van der Waals surface area contributed by atoms with Crippen molar-refractivity contribution in [2.75, 3.05) is 19.6 Å². The smallest absolute Gasteiger partial charge is 0.0917 e. The molecule has 0 amide bonds. The molecular weight excluding hydrogens is 318 g/mol. The van der Waals surface area contributed by atoms with Crippen LogP contribution in [0.3, 0.4) is 0 Å². The van der Waals surface area contributed by atoms with Gasteiger partial charge in [0.05, 0.1) is 6.10 Å². The highest BCUT2D eigenvalue weighted by Gasteiger charge is 2.21. The molecule has 2 aliphatic rings. The Balaban J connectivity index is 1.66. The molecule has 2 heteroatoms. The number of aliphatic hydroxyl groups excluding tert-OH is 1. The zero-order valence-electron chi connectivity index (χ0n) is 16.4. The summed E-state index contributed by atoms with van der Waals surface area (Å²) in [7, 11) is 0. The molecule has 1 N–H and O–H groups in total. The van der Waals surface area contributed by atoms with Crippen molar-refractivity contribution in [3.63, 3.8) is 0 Å². The summed E-state index contributed by atoms with van der Waals surface area (Å²) in [5.74, 6) is 0.801. The Morgan fingerprint density at radius 2 is 1.92 bits per heavy atom. The number of hydrogen-bond donors (Lipinski definition) is 1. The van der Waals surface area contributed by atoms with Crippen LogP contribution in [0.5, 0.6) is 0 Å². The van der Waals surface area contributed by atoms with E-state index in [1.165, 1.54) is 54.9 Å². The van der Waals surface area contributed by atoms with Gasteiger partial charge in [-0.3, -0.25) is 0 Å². The van der Waals surface area contributed by atoms with Crippen LogP contribution in [0.15, 0.2) is 24.3 Å². The molecule has 0 spiro atoms. The van der Waals surface area contributed by atoms with Gasteiger partial charge in [-0.2, -0.15) is 0 Å². The van der Waals surface area contributed by atoms with Crippen molar-refractivity contribution in [2.45, 2.75) is 64.9 Å². The molecule has 4 rings (SSSR count). The van der Waals surface area contributed by atoms with Gasteiger partial charge in [0.2, 0.25) is 0 Å². The van der Waals surface area contributed by atoms with Crippen LogP contribution >= 0.6 is 0 Å². The molecule has 0 radical (unpaired) electrons. The molecule has 0 bridgehead atoms. The third-order valence-corrected chi connectivity index (χ3v) is 6.55. The van der Waals surface area contributed by atoms with Crippen molar-refractivity contribution in [1.29, 1.82) is 0 Å². The average molecular weight is 352 g/mol. The summed E-state index contributed by atoms with van der Waals surface area (Å²) in [5.41, 5.74) is 5.66. The van der Waals surface area contributed by atoms with Crippen molar-refractivity contribution >= 4 is 10.8 Å². The molecule has 2 atom stereocenters. The summed E-state index contributed by atoms with van der Waals surface area (Å²) < 4.78 is 0. The predicted octanol–water partition coefficient (Wildman–Crippen LogP) is 5.05. The Bertz CT molecular complexity index is 775. The fraction of sp³-hybridized carbons (Fsp3) is 0.583. The van der Waals surface area contributed by atoms with Gasteiger partial charge in [-0.25, -0.2) is 0 Å². The molecule has 2 aromatic rings. The van der Waals surface area contributed by atoms with Crippen LogP contribution in [0.2, 0.25) is 0 Å². The highest BCUT2D eigenvalue weighted by atomic mass is 16.3. The van der Waals surface area contributed by atoms with E-state index in [0.717, 1.165) is 37.5 Å². The molecule has 2 unspecified atom stereocenters. The molecule has 1 aliphatic heterocycles. The van der Waals surface area contributed by atoms with Crippen molar-refractivity contribution in [3.05, 3.63) is 46.5 Å². The highest BCUT2D eigenvalue weighted by Crippen LogP contribution is 2.35. The number of fused-ring (bicyclic) bond motifs is 3. The molecule has 0 saturated carbocycles. The molecule has 2 aromatic carbocycles. The Hall–Kier alpha value is -1.38. The predicted molar refractivity (Wildman–Crippen MR) is 110 cm³/mol. The highest BCUT2D eigenvalue weighted by molar-refractivity contribution is 5.90. The third-order valence-electron chi connectivity index (χ3n) is 6.55. The maximum atomic E-state index is 10.8. The number of likely N-dealkylation sites (tertiary alicyclic amines) is 1. The molecule has 26 heavy (non-hydrogen) atoms. The van der Waals surface area contributed by atoms with Crippen LogP contribution in [0, 0.1) is 5.92 Å². The number of piperidine rings is 1. The number of β-amino-alcohol motifs (C(OH)–C–C–N with tert-alkyl or cyclic N) is 1. The third kappa shape index (κ3) is 3.54. The first-order valence-electron chi connectivity index (χ1n) is 10.6. The van der Waals surface area contributed by atoms with Crippen LogP contribution in [0.4, 0.5) is 0 Å². The molecule has 0 aromatic heterocycles. The number of rotatable bonds is 4. The van der Waals surface area contributed by atoms with Gasteiger partial charge in [-0.1, -0.05) is 38.5 Å². The van der Waals surface area contributed by atoms with Gasteiger partial charge < -0.3 is 10.0 Å². The minimum absolute atomic E-state index is 0.377. The number of benzene rings is 2. The number of aryl methyl sites for hydroxylation is 2. The first-order valence-corrected chi connectivity index (χ1v) is 10.6. The van der Waals surface area contributed by atoms with Crippen molar-refractivity contribution in [1.82, 2.24) is 4.90 Å². The standard InChI is InChI=1S/C24H33NO/c1-3-18-14-20-13-17(2)7-9-21(20)22-10-8-19(15-23(18)22)24(26)16-25-11-5-4-6-12-25/h8,10,14-15,17,24,26H,3-7,9,11-13,16H2,1-2H3. The lowest BCUT2D eigenvalue weighted by molar-refractivity contribution is 0.102. The molecule has 140 valence electrons. The molecule has 1 aliphatic carbocycles. The quantitative estimate of drug-likeness (QED) is 0.833. The van der Waals surface area contributed by atoms with Gasteiger partial charge in [0.1, 0.15) is 0 Å². The van der Waals surface area contributed by atoms with E-state index in [-0.39, 0.29) is 6.10 Å². The Morgan fingerprint density at radius 3 is 2.69 bits per heavy atom. The fourth-order valence-electron chi connectivity index (χ4n) is 4.98. The first-order chi connectivity index (χ1) is 12.7. The van der Waals surface area contributed by atoms with Gasteiger partial charge in [-0.05, 0) is 96.6 Å². The van der Waals surface area contributed by atoms with Crippen LogP contribution in [-0.4, -0.2) is 29.6 Å². The Morgan fingerprint density at radius 1 is 1.12 bits per heavy atom. The van der Waals surface area contributed by atoms with Crippen LogP contribution in [0.25, 0.3) is 10.8 Å². The number of nitrogens with zero attached hydrogens (tertiary/aromatic N) is 1. The molecule has 2 nitrogen and oxygen atoms in total. The maximum absolute atomic E-state index is 10.8. The zero-order valence-corrected chi connectivity index (χ0v) is 16.4. The van der Waals surface area contributed by atoms with E-state index < -0.39 is 0 Å². The van der Waals surface area contributed by atoms with Crippen molar-refractivity contribution < 1.29 is 5.11 Å². The van der Waals surface area contributed by atoms with Crippen molar-refractivity contribution in [2.24, 2.45) is 5.92 Å². The number of hydrogen-bond acceptors (Lipinski definition) is 2. The number of aliphatic hydroxyl groups is 1. The topological polar surface area (TPSA) is 23.5 Å². The van der Waals surface area contributed by atoms with Gasteiger partial charge in [0.15, 0.2) is 0 Å². The largest absolute Gasteiger partial charge is 0.387 e. The Labute approximate surface area is 158 Å². The first kappa shape index (κ1) is 18.0. The second-order valence-corrected chi connectivity index (χ2v) is 8.56. The molecular formula is C24H33NO. The lowest BCUT2D eigenvalue weighted by Gasteiger charge is -2.29. The molecule has 1 fully saturated rings. The van der Waals surface area contributed by atoms with Gasteiger partial charge in [0, 0.05) is 6.54 Å². The van der Waals surface area contributed by atoms with E-state index in [0.29, 0.717) is 0 Å². The monoisotopic (exact) mass is 351 g/mol. The van der Waals surface area contributed by atoms with E-state index in [9.17, 15) is 5.11 Å². The van der Waals surface area contributed by atoms with Gasteiger partial charge >= 0.3 is 0 Å². The lowest BCUT2D eigenvalue weighted by atomic mass is 9.80. The molecule has 1 saturated heterocycles. The minimum Gasteiger partial charge on any atom is -0.387 e.